The summed E-state index contributed by atoms with van der Waals surface area (Å²) in [5.41, 5.74) is 1.50. The minimum absolute atomic E-state index is 0.00153. The van der Waals surface area contributed by atoms with Gasteiger partial charge in [-0.1, -0.05) is 12.1 Å². The zero-order valence-corrected chi connectivity index (χ0v) is 14.9. The molecule has 0 spiro atoms. The molecule has 2 aliphatic heterocycles. The smallest absolute Gasteiger partial charge is 0.274 e. The Balaban J connectivity index is 1.53. The predicted molar refractivity (Wildman–Crippen MR) is 97.4 cm³/mol. The number of nitrogens with zero attached hydrogens (tertiary/aromatic N) is 3. The van der Waals surface area contributed by atoms with Crippen LogP contribution in [0, 0.1) is 5.82 Å². The number of carbonyl (C=O) groups is 1. The van der Waals surface area contributed by atoms with E-state index in [1.807, 2.05) is 21.8 Å². The Hall–Kier alpha value is -2.21. The maximum atomic E-state index is 13.3. The Morgan fingerprint density at radius 3 is 2.73 bits per heavy atom. The highest BCUT2D eigenvalue weighted by molar-refractivity contribution is 5.92. The predicted octanol–water partition coefficient (Wildman–Crippen LogP) is 3.31. The van der Waals surface area contributed by atoms with E-state index >= 15 is 0 Å². The molecule has 3 heterocycles. The third-order valence-electron chi connectivity index (χ3n) is 5.49. The van der Waals surface area contributed by atoms with Gasteiger partial charge in [0, 0.05) is 19.3 Å². The van der Waals surface area contributed by atoms with Crippen LogP contribution < -0.4 is 5.32 Å². The molecule has 138 valence electrons. The summed E-state index contributed by atoms with van der Waals surface area (Å²) < 4.78 is 15.2. The summed E-state index contributed by atoms with van der Waals surface area (Å²) in [6, 6.07) is 8.66. The third kappa shape index (κ3) is 3.51. The number of carbonyl (C=O) groups excluding carboxylic acids is 1. The van der Waals surface area contributed by atoms with Gasteiger partial charge in [0.1, 0.15) is 11.5 Å². The average molecular weight is 356 g/mol. The number of halogens is 1. The summed E-state index contributed by atoms with van der Waals surface area (Å²) in [7, 11) is 0. The first-order valence-corrected chi connectivity index (χ1v) is 9.55. The van der Waals surface area contributed by atoms with Crippen LogP contribution in [0.25, 0.3) is 0 Å². The van der Waals surface area contributed by atoms with Gasteiger partial charge in [0.25, 0.3) is 5.91 Å². The van der Waals surface area contributed by atoms with E-state index in [-0.39, 0.29) is 17.8 Å². The number of amides is 1. The van der Waals surface area contributed by atoms with Crippen LogP contribution in [0.1, 0.15) is 60.2 Å². The Morgan fingerprint density at radius 1 is 1.12 bits per heavy atom. The van der Waals surface area contributed by atoms with Crippen molar-refractivity contribution in [3.05, 3.63) is 53.6 Å². The van der Waals surface area contributed by atoms with Crippen LogP contribution in [0.3, 0.4) is 0 Å². The van der Waals surface area contributed by atoms with Gasteiger partial charge in [0.2, 0.25) is 0 Å². The van der Waals surface area contributed by atoms with Gasteiger partial charge in [-0.25, -0.2) is 4.39 Å². The molecule has 2 aliphatic rings. The lowest BCUT2D eigenvalue weighted by molar-refractivity contribution is 0.0604. The molecule has 2 aromatic rings. The molecule has 1 N–H and O–H groups in total. The van der Waals surface area contributed by atoms with Crippen molar-refractivity contribution in [1.82, 2.24) is 20.0 Å². The molecule has 2 unspecified atom stereocenters. The molecule has 4 rings (SSSR count). The molecule has 2 saturated heterocycles. The van der Waals surface area contributed by atoms with Gasteiger partial charge in [-0.05, 0) is 62.4 Å². The second kappa shape index (κ2) is 7.58. The summed E-state index contributed by atoms with van der Waals surface area (Å²) >= 11 is 0. The molecule has 1 amide bonds. The van der Waals surface area contributed by atoms with Gasteiger partial charge in [0.05, 0.1) is 12.1 Å². The monoisotopic (exact) mass is 356 g/mol. The van der Waals surface area contributed by atoms with E-state index in [9.17, 15) is 9.18 Å². The highest BCUT2D eigenvalue weighted by Crippen LogP contribution is 2.32. The van der Waals surface area contributed by atoms with Crippen LogP contribution in [0.5, 0.6) is 0 Å². The number of likely N-dealkylation sites (tertiary alicyclic amines) is 1. The minimum atomic E-state index is -0.248. The molecule has 5 nitrogen and oxygen atoms in total. The summed E-state index contributed by atoms with van der Waals surface area (Å²) in [5.74, 6) is -0.274. The maximum absolute atomic E-state index is 13.3. The van der Waals surface area contributed by atoms with Crippen molar-refractivity contribution in [1.29, 1.82) is 0 Å². The van der Waals surface area contributed by atoms with E-state index in [1.165, 1.54) is 12.1 Å². The molecule has 0 aliphatic carbocycles. The number of nitrogens with one attached hydrogen (secondary N) is 1. The van der Waals surface area contributed by atoms with Gasteiger partial charge in [-0.2, -0.15) is 5.10 Å². The van der Waals surface area contributed by atoms with Crippen molar-refractivity contribution >= 4 is 5.91 Å². The Kier molecular flexibility index (Phi) is 5.02. The van der Waals surface area contributed by atoms with Crippen molar-refractivity contribution in [2.24, 2.45) is 0 Å². The number of aromatic nitrogens is 2. The van der Waals surface area contributed by atoms with Crippen LogP contribution >= 0.6 is 0 Å². The number of benzene rings is 1. The summed E-state index contributed by atoms with van der Waals surface area (Å²) in [6.45, 7) is 2.67. The lowest BCUT2D eigenvalue weighted by atomic mass is 9.95. The highest BCUT2D eigenvalue weighted by Gasteiger charge is 2.30. The van der Waals surface area contributed by atoms with E-state index in [0.717, 1.165) is 57.3 Å². The molecule has 1 aromatic carbocycles. The molecule has 2 fully saturated rings. The maximum Gasteiger partial charge on any atom is 0.274 e. The topological polar surface area (TPSA) is 50.2 Å². The van der Waals surface area contributed by atoms with Crippen LogP contribution in [0.4, 0.5) is 4.39 Å². The minimum Gasteiger partial charge on any atom is -0.330 e. The van der Waals surface area contributed by atoms with E-state index in [4.69, 9.17) is 0 Å². The van der Waals surface area contributed by atoms with Gasteiger partial charge >= 0.3 is 0 Å². The first kappa shape index (κ1) is 17.2. The number of hydrogen-bond acceptors (Lipinski definition) is 3. The number of hydrogen-bond donors (Lipinski definition) is 1. The summed E-state index contributed by atoms with van der Waals surface area (Å²) in [5, 5.41) is 7.96. The normalized spacial score (nSPS) is 23.8. The quantitative estimate of drug-likeness (QED) is 0.918. The van der Waals surface area contributed by atoms with Crippen LogP contribution in [0.15, 0.2) is 36.5 Å². The zero-order chi connectivity index (χ0) is 17.9. The van der Waals surface area contributed by atoms with Crippen molar-refractivity contribution in [2.45, 2.75) is 44.2 Å². The van der Waals surface area contributed by atoms with E-state index in [1.54, 1.807) is 12.1 Å². The Bertz CT molecular complexity index is 751. The van der Waals surface area contributed by atoms with Crippen LogP contribution in [0.2, 0.25) is 0 Å². The van der Waals surface area contributed by atoms with Crippen molar-refractivity contribution in [3.63, 3.8) is 0 Å². The van der Waals surface area contributed by atoms with Crippen LogP contribution in [-0.4, -0.2) is 40.2 Å². The average Bonchev–Trinajstić information content (AvgIpc) is 3.19. The number of rotatable bonds is 3. The standard InChI is InChI=1S/C20H25FN4O/c21-16-8-6-15(7-9-16)19-5-1-2-12-24(19)20(26)18-10-13-25(23-18)17-4-3-11-22-14-17/h6-10,13,17,19,22H,1-5,11-12,14H2. The first-order valence-electron chi connectivity index (χ1n) is 9.55. The van der Waals surface area contributed by atoms with Gasteiger partial charge in [-0.15, -0.1) is 0 Å². The van der Waals surface area contributed by atoms with Crippen molar-refractivity contribution in [2.75, 3.05) is 19.6 Å². The molecule has 6 heteroatoms. The highest BCUT2D eigenvalue weighted by atomic mass is 19.1. The fourth-order valence-electron chi connectivity index (χ4n) is 4.07. The molecule has 2 atom stereocenters. The van der Waals surface area contributed by atoms with E-state index < -0.39 is 0 Å². The van der Waals surface area contributed by atoms with E-state index in [2.05, 4.69) is 10.4 Å². The summed E-state index contributed by atoms with van der Waals surface area (Å²) in [4.78, 5) is 15.0. The third-order valence-corrected chi connectivity index (χ3v) is 5.49. The molecule has 0 saturated carbocycles. The lowest BCUT2D eigenvalue weighted by Gasteiger charge is -2.35. The molecule has 0 bridgehead atoms. The molecule has 26 heavy (non-hydrogen) atoms. The van der Waals surface area contributed by atoms with Gasteiger partial charge < -0.3 is 10.2 Å². The fraction of sp³-hybridized carbons (Fsp3) is 0.500. The van der Waals surface area contributed by atoms with Crippen molar-refractivity contribution < 1.29 is 9.18 Å². The zero-order valence-electron chi connectivity index (χ0n) is 14.9. The SMILES string of the molecule is O=C(c1ccn(C2CCCNC2)n1)N1CCCCC1c1ccc(F)cc1. The largest absolute Gasteiger partial charge is 0.330 e. The molecular formula is C20H25FN4O. The van der Waals surface area contributed by atoms with Gasteiger partial charge in [-0.3, -0.25) is 9.48 Å². The van der Waals surface area contributed by atoms with Gasteiger partial charge in [0.15, 0.2) is 0 Å². The first-order chi connectivity index (χ1) is 12.7. The summed E-state index contributed by atoms with van der Waals surface area (Å²) in [6.07, 6.45) is 7.12. The fourth-order valence-corrected chi connectivity index (χ4v) is 4.07. The Morgan fingerprint density at radius 2 is 1.96 bits per heavy atom. The molecular weight excluding hydrogens is 331 g/mol. The molecule has 0 radical (unpaired) electrons. The molecule has 1 aromatic heterocycles. The van der Waals surface area contributed by atoms with Crippen LogP contribution in [-0.2, 0) is 0 Å². The second-order valence-corrected chi connectivity index (χ2v) is 7.24. The number of piperidine rings is 2. The van der Waals surface area contributed by atoms with E-state index in [0.29, 0.717) is 11.7 Å². The Labute approximate surface area is 153 Å². The van der Waals surface area contributed by atoms with Crippen molar-refractivity contribution in [3.8, 4) is 0 Å². The second-order valence-electron chi connectivity index (χ2n) is 7.24. The lowest BCUT2D eigenvalue weighted by Crippen LogP contribution is -2.39.